The molecular formula is C18H21NO5. The Morgan fingerprint density at radius 1 is 1.08 bits per heavy atom. The summed E-state index contributed by atoms with van der Waals surface area (Å²) in [6, 6.07) is 10.7. The number of amides is 1. The fraction of sp³-hybridized carbons (Fsp3) is 0.333. The number of methoxy groups -OCH3 is 2. The second-order valence-corrected chi connectivity index (χ2v) is 5.19. The Morgan fingerprint density at radius 2 is 1.79 bits per heavy atom. The van der Waals surface area contributed by atoms with Gasteiger partial charge in [0.25, 0.3) is 5.91 Å². The third-order valence-electron chi connectivity index (χ3n) is 3.58. The highest BCUT2D eigenvalue weighted by molar-refractivity contribution is 6.06. The SMILES string of the molecule is COCCNC(=O)[C@@H](C)OC(=O)c1ccc(OC)c2ccccc12. The topological polar surface area (TPSA) is 73.9 Å². The maximum Gasteiger partial charge on any atom is 0.339 e. The lowest BCUT2D eigenvalue weighted by Crippen LogP contribution is -2.37. The molecule has 0 saturated heterocycles. The Bertz CT molecular complexity index is 728. The molecule has 1 N–H and O–H groups in total. The van der Waals surface area contributed by atoms with Crippen molar-refractivity contribution >= 4 is 22.6 Å². The molecule has 24 heavy (non-hydrogen) atoms. The zero-order valence-electron chi connectivity index (χ0n) is 14.0. The quantitative estimate of drug-likeness (QED) is 0.622. The van der Waals surface area contributed by atoms with E-state index in [2.05, 4.69) is 5.32 Å². The lowest BCUT2D eigenvalue weighted by atomic mass is 10.0. The minimum atomic E-state index is -0.893. The highest BCUT2D eigenvalue weighted by Gasteiger charge is 2.20. The molecule has 0 saturated carbocycles. The van der Waals surface area contributed by atoms with Crippen LogP contribution >= 0.6 is 0 Å². The number of carbonyl (C=O) groups is 2. The van der Waals surface area contributed by atoms with Gasteiger partial charge in [0.05, 0.1) is 19.3 Å². The van der Waals surface area contributed by atoms with Gasteiger partial charge in [-0.05, 0) is 24.4 Å². The molecule has 0 bridgehead atoms. The van der Waals surface area contributed by atoms with E-state index in [1.54, 1.807) is 26.4 Å². The first-order valence-corrected chi connectivity index (χ1v) is 7.61. The van der Waals surface area contributed by atoms with Crippen molar-refractivity contribution in [1.29, 1.82) is 0 Å². The number of nitrogens with one attached hydrogen (secondary N) is 1. The standard InChI is InChI=1S/C18H21NO5/c1-12(17(20)19-10-11-22-2)24-18(21)15-8-9-16(23-3)14-7-5-4-6-13(14)15/h4-9,12H,10-11H2,1-3H3,(H,19,20)/t12-/m1/s1. The number of carbonyl (C=O) groups excluding carboxylic acids is 2. The minimum Gasteiger partial charge on any atom is -0.496 e. The van der Waals surface area contributed by atoms with Crippen molar-refractivity contribution in [2.75, 3.05) is 27.4 Å². The molecule has 0 aliphatic carbocycles. The summed E-state index contributed by atoms with van der Waals surface area (Å²) < 4.78 is 15.4. The molecular weight excluding hydrogens is 310 g/mol. The summed E-state index contributed by atoms with van der Waals surface area (Å²) in [5.41, 5.74) is 0.392. The molecule has 0 aliphatic rings. The normalized spacial score (nSPS) is 11.8. The molecule has 2 aromatic carbocycles. The van der Waals surface area contributed by atoms with E-state index in [9.17, 15) is 9.59 Å². The van der Waals surface area contributed by atoms with E-state index in [-0.39, 0.29) is 5.91 Å². The summed E-state index contributed by atoms with van der Waals surface area (Å²) in [4.78, 5) is 24.3. The Kier molecular flexibility index (Phi) is 6.14. The van der Waals surface area contributed by atoms with Gasteiger partial charge in [-0.3, -0.25) is 4.79 Å². The molecule has 0 aromatic heterocycles. The second-order valence-electron chi connectivity index (χ2n) is 5.19. The first kappa shape index (κ1) is 17.7. The van der Waals surface area contributed by atoms with Crippen LogP contribution in [-0.4, -0.2) is 45.4 Å². The van der Waals surface area contributed by atoms with E-state index in [0.717, 1.165) is 5.39 Å². The number of hydrogen-bond donors (Lipinski definition) is 1. The molecule has 128 valence electrons. The van der Waals surface area contributed by atoms with Crippen molar-refractivity contribution in [2.24, 2.45) is 0 Å². The first-order valence-electron chi connectivity index (χ1n) is 7.61. The average molecular weight is 331 g/mol. The van der Waals surface area contributed by atoms with Crippen LogP contribution in [0.2, 0.25) is 0 Å². The van der Waals surface area contributed by atoms with E-state index in [1.165, 1.54) is 6.92 Å². The van der Waals surface area contributed by atoms with Crippen LogP contribution < -0.4 is 10.1 Å². The van der Waals surface area contributed by atoms with Crippen molar-refractivity contribution in [2.45, 2.75) is 13.0 Å². The maximum absolute atomic E-state index is 12.4. The van der Waals surface area contributed by atoms with E-state index in [1.807, 2.05) is 24.3 Å². The van der Waals surface area contributed by atoms with E-state index in [4.69, 9.17) is 14.2 Å². The van der Waals surface area contributed by atoms with Gasteiger partial charge in [0, 0.05) is 19.0 Å². The van der Waals surface area contributed by atoms with Crippen LogP contribution in [0, 0.1) is 0 Å². The van der Waals surface area contributed by atoms with Crippen molar-refractivity contribution < 1.29 is 23.8 Å². The zero-order valence-corrected chi connectivity index (χ0v) is 14.0. The summed E-state index contributed by atoms with van der Waals surface area (Å²) in [5.74, 6) is -0.242. The van der Waals surface area contributed by atoms with Crippen LogP contribution in [0.15, 0.2) is 36.4 Å². The number of rotatable bonds is 7. The summed E-state index contributed by atoms with van der Waals surface area (Å²) in [6.45, 7) is 2.30. The summed E-state index contributed by atoms with van der Waals surface area (Å²) in [6.07, 6.45) is -0.893. The van der Waals surface area contributed by atoms with Crippen LogP contribution in [0.25, 0.3) is 10.8 Å². The Balaban J connectivity index is 2.15. The smallest absolute Gasteiger partial charge is 0.339 e. The van der Waals surface area contributed by atoms with Gasteiger partial charge in [0.2, 0.25) is 0 Å². The van der Waals surface area contributed by atoms with Gasteiger partial charge in [-0.15, -0.1) is 0 Å². The van der Waals surface area contributed by atoms with Gasteiger partial charge in [-0.2, -0.15) is 0 Å². The molecule has 2 rings (SSSR count). The van der Waals surface area contributed by atoms with Gasteiger partial charge in [0.1, 0.15) is 5.75 Å². The molecule has 0 fully saturated rings. The van der Waals surface area contributed by atoms with Gasteiger partial charge in [-0.25, -0.2) is 4.79 Å². The van der Waals surface area contributed by atoms with Crippen LogP contribution in [0.1, 0.15) is 17.3 Å². The molecule has 6 nitrogen and oxygen atoms in total. The van der Waals surface area contributed by atoms with Crippen LogP contribution in [0.4, 0.5) is 0 Å². The van der Waals surface area contributed by atoms with Crippen molar-refractivity contribution in [3.05, 3.63) is 42.0 Å². The monoisotopic (exact) mass is 331 g/mol. The number of esters is 1. The van der Waals surface area contributed by atoms with Crippen molar-refractivity contribution in [3.63, 3.8) is 0 Å². The third-order valence-corrected chi connectivity index (χ3v) is 3.58. The van der Waals surface area contributed by atoms with Gasteiger partial charge < -0.3 is 19.5 Å². The molecule has 0 aliphatic heterocycles. The lowest BCUT2D eigenvalue weighted by Gasteiger charge is -2.15. The van der Waals surface area contributed by atoms with Gasteiger partial charge in [0.15, 0.2) is 6.10 Å². The van der Waals surface area contributed by atoms with E-state index < -0.39 is 12.1 Å². The third kappa shape index (κ3) is 4.02. The highest BCUT2D eigenvalue weighted by atomic mass is 16.5. The number of hydrogen-bond acceptors (Lipinski definition) is 5. The molecule has 6 heteroatoms. The predicted octanol–water partition coefficient (Wildman–Crippen LogP) is 2.16. The number of fused-ring (bicyclic) bond motifs is 1. The van der Waals surface area contributed by atoms with E-state index >= 15 is 0 Å². The Morgan fingerprint density at radius 3 is 2.46 bits per heavy atom. The minimum absolute atomic E-state index is 0.363. The summed E-state index contributed by atoms with van der Waals surface area (Å²) >= 11 is 0. The van der Waals surface area contributed by atoms with Crippen LogP contribution in [0.5, 0.6) is 5.75 Å². The van der Waals surface area contributed by atoms with Gasteiger partial charge >= 0.3 is 5.97 Å². The molecule has 0 heterocycles. The molecule has 1 atom stereocenters. The number of ether oxygens (including phenoxy) is 3. The molecule has 1 amide bonds. The summed E-state index contributed by atoms with van der Waals surface area (Å²) in [7, 11) is 3.12. The Labute approximate surface area is 140 Å². The maximum atomic E-state index is 12.4. The molecule has 2 aromatic rings. The fourth-order valence-electron chi connectivity index (χ4n) is 2.33. The summed E-state index contributed by atoms with van der Waals surface area (Å²) in [5, 5.41) is 4.16. The van der Waals surface area contributed by atoms with Crippen LogP contribution in [-0.2, 0) is 14.3 Å². The van der Waals surface area contributed by atoms with E-state index in [0.29, 0.717) is 29.9 Å². The first-order chi connectivity index (χ1) is 11.6. The largest absolute Gasteiger partial charge is 0.496 e. The second kappa shape index (κ2) is 8.31. The molecule has 0 unspecified atom stereocenters. The molecule has 0 radical (unpaired) electrons. The predicted molar refractivity (Wildman–Crippen MR) is 90.3 cm³/mol. The Hall–Kier alpha value is -2.60. The number of benzene rings is 2. The van der Waals surface area contributed by atoms with Crippen molar-refractivity contribution in [1.82, 2.24) is 5.32 Å². The van der Waals surface area contributed by atoms with Crippen LogP contribution in [0.3, 0.4) is 0 Å². The zero-order chi connectivity index (χ0) is 17.5. The lowest BCUT2D eigenvalue weighted by molar-refractivity contribution is -0.129. The van der Waals surface area contributed by atoms with Crippen molar-refractivity contribution in [3.8, 4) is 5.75 Å². The fourth-order valence-corrected chi connectivity index (χ4v) is 2.33. The molecule has 0 spiro atoms. The highest BCUT2D eigenvalue weighted by Crippen LogP contribution is 2.28. The van der Waals surface area contributed by atoms with Gasteiger partial charge in [-0.1, -0.05) is 24.3 Å². The average Bonchev–Trinajstić information content (AvgIpc) is 2.60.